The standard InChI is InChI=1S/C25H27FO7/c1-16(2)24(27)32-13-12-30-22-9-6-18(14-23(22)31-11-10-29-5)20-8-7-19(15-21(20)26)33-25(28)17(3)4/h6-9,14-15H,1,3,10-13H2,2,4-5H3. The molecule has 2 aromatic carbocycles. The smallest absolute Gasteiger partial charge is 0.338 e. The highest BCUT2D eigenvalue weighted by atomic mass is 19.1. The molecule has 0 unspecified atom stereocenters. The van der Waals surface area contributed by atoms with E-state index in [2.05, 4.69) is 13.2 Å². The molecule has 0 aliphatic heterocycles. The summed E-state index contributed by atoms with van der Waals surface area (Å²) in [6.45, 7) is 10.8. The average Bonchev–Trinajstić information content (AvgIpc) is 2.77. The minimum absolute atomic E-state index is 0.0317. The predicted octanol–water partition coefficient (Wildman–Crippen LogP) is 4.50. The van der Waals surface area contributed by atoms with Gasteiger partial charge in [0.15, 0.2) is 11.5 Å². The number of methoxy groups -OCH3 is 1. The van der Waals surface area contributed by atoms with Crippen molar-refractivity contribution in [2.24, 2.45) is 0 Å². The number of rotatable bonds is 12. The van der Waals surface area contributed by atoms with Crippen molar-refractivity contribution >= 4 is 11.9 Å². The number of carbonyl (C=O) groups is 2. The monoisotopic (exact) mass is 458 g/mol. The van der Waals surface area contributed by atoms with Crippen molar-refractivity contribution in [3.8, 4) is 28.4 Å². The average molecular weight is 458 g/mol. The molecule has 0 spiro atoms. The quantitative estimate of drug-likeness (QED) is 0.201. The summed E-state index contributed by atoms with van der Waals surface area (Å²) in [4.78, 5) is 23.1. The Labute approximate surface area is 192 Å². The summed E-state index contributed by atoms with van der Waals surface area (Å²) in [5, 5.41) is 0. The molecule has 0 aliphatic rings. The van der Waals surface area contributed by atoms with Crippen molar-refractivity contribution in [2.45, 2.75) is 13.8 Å². The van der Waals surface area contributed by atoms with Gasteiger partial charge in [-0.2, -0.15) is 0 Å². The van der Waals surface area contributed by atoms with Crippen molar-refractivity contribution in [1.82, 2.24) is 0 Å². The fourth-order valence-corrected chi connectivity index (χ4v) is 2.54. The van der Waals surface area contributed by atoms with Crippen LogP contribution in [0, 0.1) is 5.82 Å². The van der Waals surface area contributed by atoms with Crippen LogP contribution in [0.1, 0.15) is 13.8 Å². The van der Waals surface area contributed by atoms with Crippen LogP contribution in [0.2, 0.25) is 0 Å². The van der Waals surface area contributed by atoms with Gasteiger partial charge in [-0.3, -0.25) is 0 Å². The number of benzene rings is 2. The van der Waals surface area contributed by atoms with Gasteiger partial charge in [0.25, 0.3) is 0 Å². The van der Waals surface area contributed by atoms with E-state index in [0.717, 1.165) is 6.07 Å². The Hall–Kier alpha value is -3.65. The van der Waals surface area contributed by atoms with Gasteiger partial charge in [-0.15, -0.1) is 0 Å². The summed E-state index contributed by atoms with van der Waals surface area (Å²) in [7, 11) is 1.55. The third-order valence-corrected chi connectivity index (χ3v) is 4.22. The largest absolute Gasteiger partial charge is 0.487 e. The third kappa shape index (κ3) is 7.76. The van der Waals surface area contributed by atoms with E-state index in [4.69, 9.17) is 23.7 Å². The molecule has 2 aromatic rings. The lowest BCUT2D eigenvalue weighted by Gasteiger charge is -2.15. The molecular formula is C25H27FO7. The number of ether oxygens (including phenoxy) is 5. The molecule has 0 amide bonds. The van der Waals surface area contributed by atoms with Gasteiger partial charge in [0.1, 0.15) is 31.4 Å². The summed E-state index contributed by atoms with van der Waals surface area (Å²) in [6.07, 6.45) is 0. The normalized spacial score (nSPS) is 10.3. The first-order chi connectivity index (χ1) is 15.7. The number of esters is 2. The molecule has 176 valence electrons. The number of carbonyl (C=O) groups excluding carboxylic acids is 2. The van der Waals surface area contributed by atoms with E-state index in [0.29, 0.717) is 29.2 Å². The Bertz CT molecular complexity index is 1030. The van der Waals surface area contributed by atoms with Gasteiger partial charge in [0.2, 0.25) is 0 Å². The molecule has 0 radical (unpaired) electrons. The molecule has 0 saturated heterocycles. The molecule has 0 fully saturated rings. The summed E-state index contributed by atoms with van der Waals surface area (Å²) >= 11 is 0. The van der Waals surface area contributed by atoms with Gasteiger partial charge in [0.05, 0.1) is 6.61 Å². The molecule has 8 heteroatoms. The molecule has 0 aromatic heterocycles. The second kappa shape index (κ2) is 12.4. The number of halogens is 1. The van der Waals surface area contributed by atoms with Crippen LogP contribution in [0.4, 0.5) is 4.39 Å². The summed E-state index contributed by atoms with van der Waals surface area (Å²) in [5.74, 6) is -0.873. The van der Waals surface area contributed by atoms with Gasteiger partial charge in [-0.05, 0) is 43.7 Å². The van der Waals surface area contributed by atoms with Crippen molar-refractivity contribution < 1.29 is 37.7 Å². The van der Waals surface area contributed by atoms with Crippen LogP contribution in [-0.2, 0) is 19.1 Å². The number of hydrogen-bond acceptors (Lipinski definition) is 7. The first-order valence-corrected chi connectivity index (χ1v) is 10.1. The molecule has 0 bridgehead atoms. The van der Waals surface area contributed by atoms with Crippen LogP contribution in [-0.4, -0.2) is 45.5 Å². The summed E-state index contributed by atoms with van der Waals surface area (Å²) in [5.41, 5.74) is 1.31. The zero-order valence-corrected chi connectivity index (χ0v) is 18.9. The Kier molecular flexibility index (Phi) is 9.62. The van der Waals surface area contributed by atoms with Crippen molar-refractivity contribution in [3.63, 3.8) is 0 Å². The van der Waals surface area contributed by atoms with Crippen molar-refractivity contribution in [3.05, 3.63) is 66.5 Å². The minimum Gasteiger partial charge on any atom is -0.487 e. The lowest BCUT2D eigenvalue weighted by molar-refractivity contribution is -0.139. The fourth-order valence-electron chi connectivity index (χ4n) is 2.54. The molecule has 0 N–H and O–H groups in total. The molecular weight excluding hydrogens is 431 g/mol. The first-order valence-electron chi connectivity index (χ1n) is 10.1. The fraction of sp³-hybridized carbons (Fsp3) is 0.280. The zero-order valence-electron chi connectivity index (χ0n) is 18.9. The van der Waals surface area contributed by atoms with Crippen molar-refractivity contribution in [2.75, 3.05) is 33.5 Å². The van der Waals surface area contributed by atoms with Crippen LogP contribution in [0.25, 0.3) is 11.1 Å². The first kappa shape index (κ1) is 25.6. The van der Waals surface area contributed by atoms with Crippen LogP contribution in [0.15, 0.2) is 60.7 Å². The van der Waals surface area contributed by atoms with Gasteiger partial charge in [0, 0.05) is 29.9 Å². The van der Waals surface area contributed by atoms with Crippen LogP contribution in [0.3, 0.4) is 0 Å². The highest BCUT2D eigenvalue weighted by Gasteiger charge is 2.14. The van der Waals surface area contributed by atoms with E-state index in [-0.39, 0.29) is 36.7 Å². The SMILES string of the molecule is C=C(C)C(=O)OCCOc1ccc(-c2ccc(OC(=O)C(=C)C)cc2F)cc1OCCOC. The van der Waals surface area contributed by atoms with Gasteiger partial charge < -0.3 is 23.7 Å². The lowest BCUT2D eigenvalue weighted by Crippen LogP contribution is -2.13. The van der Waals surface area contributed by atoms with E-state index in [1.807, 2.05) is 0 Å². The Morgan fingerprint density at radius 2 is 1.52 bits per heavy atom. The maximum Gasteiger partial charge on any atom is 0.338 e. The van der Waals surface area contributed by atoms with E-state index < -0.39 is 17.8 Å². The zero-order chi connectivity index (χ0) is 24.4. The molecule has 0 heterocycles. The second-order valence-corrected chi connectivity index (χ2v) is 7.08. The molecule has 7 nitrogen and oxygen atoms in total. The van der Waals surface area contributed by atoms with Crippen molar-refractivity contribution in [1.29, 1.82) is 0 Å². The Morgan fingerprint density at radius 3 is 2.15 bits per heavy atom. The highest BCUT2D eigenvalue weighted by molar-refractivity contribution is 5.89. The van der Waals surface area contributed by atoms with Crippen LogP contribution in [0.5, 0.6) is 17.2 Å². The Morgan fingerprint density at radius 1 is 0.848 bits per heavy atom. The number of hydrogen-bond donors (Lipinski definition) is 0. The van der Waals surface area contributed by atoms with E-state index in [9.17, 15) is 14.0 Å². The third-order valence-electron chi connectivity index (χ3n) is 4.22. The molecule has 0 atom stereocenters. The summed E-state index contributed by atoms with van der Waals surface area (Å²) in [6, 6.07) is 9.04. The van der Waals surface area contributed by atoms with Gasteiger partial charge >= 0.3 is 11.9 Å². The minimum atomic E-state index is -0.633. The molecule has 0 saturated carbocycles. The molecule has 33 heavy (non-hydrogen) atoms. The Balaban J connectivity index is 2.19. The van der Waals surface area contributed by atoms with E-state index in [1.165, 1.54) is 19.1 Å². The highest BCUT2D eigenvalue weighted by Crippen LogP contribution is 2.35. The second-order valence-electron chi connectivity index (χ2n) is 7.08. The summed E-state index contributed by atoms with van der Waals surface area (Å²) < 4.78 is 41.2. The van der Waals surface area contributed by atoms with Crippen LogP contribution >= 0.6 is 0 Å². The molecule has 2 rings (SSSR count). The van der Waals surface area contributed by atoms with E-state index >= 15 is 0 Å². The van der Waals surface area contributed by atoms with E-state index in [1.54, 1.807) is 32.2 Å². The predicted molar refractivity (Wildman–Crippen MR) is 121 cm³/mol. The lowest BCUT2D eigenvalue weighted by atomic mass is 10.0. The molecule has 0 aliphatic carbocycles. The van der Waals surface area contributed by atoms with Gasteiger partial charge in [-0.1, -0.05) is 19.2 Å². The van der Waals surface area contributed by atoms with Crippen LogP contribution < -0.4 is 14.2 Å². The maximum atomic E-state index is 14.8. The van der Waals surface area contributed by atoms with Gasteiger partial charge in [-0.25, -0.2) is 14.0 Å². The topological polar surface area (TPSA) is 80.3 Å². The maximum absolute atomic E-state index is 14.8.